The molecule has 1 rings (SSSR count). The number of guanidine groups is 1. The molecule has 0 atom stereocenters. The minimum absolute atomic E-state index is 0.0348. The number of likely N-dealkylation sites (tertiary alicyclic amines) is 1. The van der Waals surface area contributed by atoms with Crippen LogP contribution in [-0.4, -0.2) is 63.8 Å². The summed E-state index contributed by atoms with van der Waals surface area (Å²) in [4.78, 5) is 18.3. The monoisotopic (exact) mass is 285 g/mol. The average molecular weight is 285 g/mol. The van der Waals surface area contributed by atoms with Crippen molar-refractivity contribution in [1.82, 2.24) is 10.2 Å². The fourth-order valence-electron chi connectivity index (χ4n) is 2.31. The Morgan fingerprint density at radius 3 is 2.60 bits per heavy atom. The van der Waals surface area contributed by atoms with Gasteiger partial charge in [0.05, 0.1) is 13.0 Å². The molecule has 6 nitrogen and oxygen atoms in total. The zero-order chi connectivity index (χ0) is 14.8. The third-order valence-electron chi connectivity index (χ3n) is 3.43. The van der Waals surface area contributed by atoms with Crippen LogP contribution in [0.4, 0.5) is 0 Å². The van der Waals surface area contributed by atoms with Gasteiger partial charge in [-0.05, 0) is 26.2 Å². The molecule has 116 valence electrons. The average Bonchev–Trinajstić information content (AvgIpc) is 2.50. The normalized spacial score (nSPS) is 17.1. The first-order chi connectivity index (χ1) is 9.72. The lowest BCUT2D eigenvalue weighted by atomic mass is 9.97. The van der Waals surface area contributed by atoms with Crippen molar-refractivity contribution in [3.05, 3.63) is 0 Å². The van der Waals surface area contributed by atoms with E-state index in [0.29, 0.717) is 0 Å². The Balaban J connectivity index is 2.46. The lowest BCUT2D eigenvalue weighted by molar-refractivity contribution is -0.146. The number of carbonyl (C=O) groups is 1. The van der Waals surface area contributed by atoms with Gasteiger partial charge in [-0.15, -0.1) is 0 Å². The molecule has 0 bridgehead atoms. The molecule has 0 aromatic heterocycles. The molecule has 1 heterocycles. The Kier molecular flexibility index (Phi) is 8.02. The SMILES string of the molecule is CCNC(=NCCCOC)N1CCC(C(=O)OC)CC1. The van der Waals surface area contributed by atoms with Gasteiger partial charge in [-0.25, -0.2) is 0 Å². The number of hydrogen-bond acceptors (Lipinski definition) is 4. The van der Waals surface area contributed by atoms with Crippen molar-refractivity contribution < 1.29 is 14.3 Å². The molecule has 1 N–H and O–H groups in total. The molecule has 0 spiro atoms. The van der Waals surface area contributed by atoms with E-state index in [0.717, 1.165) is 58.0 Å². The van der Waals surface area contributed by atoms with E-state index < -0.39 is 0 Å². The number of ether oxygens (including phenoxy) is 2. The van der Waals surface area contributed by atoms with E-state index in [2.05, 4.69) is 22.1 Å². The topological polar surface area (TPSA) is 63.2 Å². The maximum absolute atomic E-state index is 11.5. The van der Waals surface area contributed by atoms with Crippen molar-refractivity contribution in [3.8, 4) is 0 Å². The molecule has 0 aliphatic carbocycles. The maximum Gasteiger partial charge on any atom is 0.308 e. The van der Waals surface area contributed by atoms with Crippen LogP contribution >= 0.6 is 0 Å². The largest absolute Gasteiger partial charge is 0.469 e. The number of piperidine rings is 1. The Bertz CT molecular complexity index is 313. The minimum atomic E-state index is -0.0910. The lowest BCUT2D eigenvalue weighted by Crippen LogP contribution is -2.46. The molecule has 0 saturated carbocycles. The molecule has 1 fully saturated rings. The second-order valence-electron chi connectivity index (χ2n) is 4.87. The molecule has 1 saturated heterocycles. The third-order valence-corrected chi connectivity index (χ3v) is 3.43. The van der Waals surface area contributed by atoms with Crippen LogP contribution in [0.3, 0.4) is 0 Å². The van der Waals surface area contributed by atoms with Gasteiger partial charge in [-0.3, -0.25) is 9.79 Å². The second-order valence-corrected chi connectivity index (χ2v) is 4.87. The van der Waals surface area contributed by atoms with Crippen LogP contribution in [0.1, 0.15) is 26.2 Å². The lowest BCUT2D eigenvalue weighted by Gasteiger charge is -2.33. The standard InChI is InChI=1S/C14H27N3O3/c1-4-15-14(16-8-5-11-19-2)17-9-6-12(7-10-17)13(18)20-3/h12H,4-11H2,1-3H3,(H,15,16). The molecule has 1 aliphatic rings. The number of carbonyl (C=O) groups excluding carboxylic acids is 1. The Hall–Kier alpha value is -1.30. The molecule has 0 aromatic carbocycles. The van der Waals surface area contributed by atoms with Crippen molar-refractivity contribution in [2.75, 3.05) is 47.0 Å². The van der Waals surface area contributed by atoms with E-state index in [1.54, 1.807) is 7.11 Å². The second kappa shape index (κ2) is 9.58. The number of nitrogens with zero attached hydrogens (tertiary/aromatic N) is 2. The zero-order valence-electron chi connectivity index (χ0n) is 12.9. The summed E-state index contributed by atoms with van der Waals surface area (Å²) in [6.45, 7) is 6.08. The van der Waals surface area contributed by atoms with Gasteiger partial charge in [0.25, 0.3) is 0 Å². The van der Waals surface area contributed by atoms with Crippen molar-refractivity contribution in [3.63, 3.8) is 0 Å². The van der Waals surface area contributed by atoms with E-state index in [1.165, 1.54) is 7.11 Å². The van der Waals surface area contributed by atoms with E-state index >= 15 is 0 Å². The summed E-state index contributed by atoms with van der Waals surface area (Å²) in [5, 5.41) is 3.31. The fourth-order valence-corrected chi connectivity index (χ4v) is 2.31. The van der Waals surface area contributed by atoms with E-state index in [1.807, 2.05) is 0 Å². The molecule has 0 amide bonds. The van der Waals surface area contributed by atoms with Crippen molar-refractivity contribution in [2.45, 2.75) is 26.2 Å². The van der Waals surface area contributed by atoms with Crippen LogP contribution in [0.2, 0.25) is 0 Å². The Morgan fingerprint density at radius 1 is 1.35 bits per heavy atom. The first kappa shape index (κ1) is 16.8. The van der Waals surface area contributed by atoms with Gasteiger partial charge in [0.15, 0.2) is 5.96 Å². The highest BCUT2D eigenvalue weighted by molar-refractivity contribution is 5.80. The Morgan fingerprint density at radius 2 is 2.05 bits per heavy atom. The molecular formula is C14H27N3O3. The van der Waals surface area contributed by atoms with Gasteiger partial charge in [-0.1, -0.05) is 0 Å². The van der Waals surface area contributed by atoms with Gasteiger partial charge in [0.1, 0.15) is 0 Å². The fraction of sp³-hybridized carbons (Fsp3) is 0.857. The quantitative estimate of drug-likeness (QED) is 0.340. The van der Waals surface area contributed by atoms with Crippen LogP contribution in [0, 0.1) is 5.92 Å². The molecule has 6 heteroatoms. The van der Waals surface area contributed by atoms with E-state index in [-0.39, 0.29) is 11.9 Å². The molecule has 0 aromatic rings. The molecule has 0 radical (unpaired) electrons. The number of esters is 1. The Labute approximate surface area is 121 Å². The van der Waals surface area contributed by atoms with Gasteiger partial charge in [-0.2, -0.15) is 0 Å². The minimum Gasteiger partial charge on any atom is -0.469 e. The van der Waals surface area contributed by atoms with Crippen LogP contribution in [0.15, 0.2) is 4.99 Å². The van der Waals surface area contributed by atoms with Crippen molar-refractivity contribution in [2.24, 2.45) is 10.9 Å². The number of nitrogens with one attached hydrogen (secondary N) is 1. The predicted molar refractivity (Wildman–Crippen MR) is 78.8 cm³/mol. The van der Waals surface area contributed by atoms with Crippen LogP contribution in [0.25, 0.3) is 0 Å². The predicted octanol–water partition coefficient (Wildman–Crippen LogP) is 0.873. The van der Waals surface area contributed by atoms with Gasteiger partial charge in [0.2, 0.25) is 0 Å². The van der Waals surface area contributed by atoms with Crippen molar-refractivity contribution >= 4 is 11.9 Å². The van der Waals surface area contributed by atoms with Crippen LogP contribution in [0.5, 0.6) is 0 Å². The summed E-state index contributed by atoms with van der Waals surface area (Å²) in [6.07, 6.45) is 2.58. The summed E-state index contributed by atoms with van der Waals surface area (Å²) in [7, 11) is 3.16. The molecule has 0 unspecified atom stereocenters. The summed E-state index contributed by atoms with van der Waals surface area (Å²) in [6, 6.07) is 0. The maximum atomic E-state index is 11.5. The van der Waals surface area contributed by atoms with Gasteiger partial charge < -0.3 is 19.7 Å². The highest BCUT2D eigenvalue weighted by atomic mass is 16.5. The number of rotatable bonds is 6. The highest BCUT2D eigenvalue weighted by Crippen LogP contribution is 2.18. The van der Waals surface area contributed by atoms with Crippen LogP contribution in [-0.2, 0) is 14.3 Å². The summed E-state index contributed by atoms with van der Waals surface area (Å²) in [5.74, 6) is 0.881. The molecule has 1 aliphatic heterocycles. The van der Waals surface area contributed by atoms with E-state index in [4.69, 9.17) is 9.47 Å². The summed E-state index contributed by atoms with van der Waals surface area (Å²) < 4.78 is 9.83. The number of methoxy groups -OCH3 is 2. The summed E-state index contributed by atoms with van der Waals surface area (Å²) in [5.41, 5.74) is 0. The molecular weight excluding hydrogens is 258 g/mol. The van der Waals surface area contributed by atoms with Gasteiger partial charge in [0, 0.05) is 39.9 Å². The zero-order valence-corrected chi connectivity index (χ0v) is 12.9. The first-order valence-electron chi connectivity index (χ1n) is 7.33. The first-order valence-corrected chi connectivity index (χ1v) is 7.33. The van der Waals surface area contributed by atoms with Crippen LogP contribution < -0.4 is 5.32 Å². The highest BCUT2D eigenvalue weighted by Gasteiger charge is 2.26. The van der Waals surface area contributed by atoms with Crippen molar-refractivity contribution in [1.29, 1.82) is 0 Å². The van der Waals surface area contributed by atoms with E-state index in [9.17, 15) is 4.79 Å². The molecule has 20 heavy (non-hydrogen) atoms. The summed E-state index contributed by atoms with van der Waals surface area (Å²) >= 11 is 0. The third kappa shape index (κ3) is 5.36. The smallest absolute Gasteiger partial charge is 0.308 e. The number of aliphatic imine (C=N–C) groups is 1. The number of hydrogen-bond donors (Lipinski definition) is 1. The van der Waals surface area contributed by atoms with Gasteiger partial charge >= 0.3 is 5.97 Å².